The zero-order chi connectivity index (χ0) is 9.68. The zero-order valence-electron chi connectivity index (χ0n) is 7.03. The largest absolute Gasteiger partial charge is 0.459 e. The molecule has 0 fully saturated rings. The van der Waals surface area contributed by atoms with E-state index in [4.69, 9.17) is 0 Å². The maximum atomic E-state index is 11.0. The van der Waals surface area contributed by atoms with Crippen LogP contribution in [0.2, 0.25) is 0 Å². The highest BCUT2D eigenvalue weighted by Crippen LogP contribution is 1.98. The molecule has 6 nitrogen and oxygen atoms in total. The monoisotopic (exact) mass is 183 g/mol. The van der Waals surface area contributed by atoms with Crippen molar-refractivity contribution >= 4 is 17.7 Å². The third-order valence-electron chi connectivity index (χ3n) is 1.21. The minimum Gasteiger partial charge on any atom is -0.459 e. The summed E-state index contributed by atoms with van der Waals surface area (Å²) in [5.74, 6) is -1.36. The first-order valence-electron chi connectivity index (χ1n) is 3.71. The van der Waals surface area contributed by atoms with Gasteiger partial charge in [-0.15, -0.1) is 0 Å². The summed E-state index contributed by atoms with van der Waals surface area (Å²) < 4.78 is 4.47. The Morgan fingerprint density at radius 3 is 3.00 bits per heavy atom. The third-order valence-corrected chi connectivity index (χ3v) is 1.21. The van der Waals surface area contributed by atoms with Gasteiger partial charge in [0.15, 0.2) is 0 Å². The van der Waals surface area contributed by atoms with E-state index in [-0.39, 0.29) is 6.61 Å². The van der Waals surface area contributed by atoms with E-state index in [1.165, 1.54) is 12.3 Å². The van der Waals surface area contributed by atoms with E-state index in [9.17, 15) is 9.59 Å². The van der Waals surface area contributed by atoms with Crippen molar-refractivity contribution in [2.45, 2.75) is 6.92 Å². The van der Waals surface area contributed by atoms with Gasteiger partial charge in [0.2, 0.25) is 0 Å². The number of aromatic amines is 1. The Balaban J connectivity index is 2.46. The van der Waals surface area contributed by atoms with E-state index in [0.29, 0.717) is 5.82 Å². The summed E-state index contributed by atoms with van der Waals surface area (Å²) in [5, 5.41) is 8.34. The molecule has 0 saturated heterocycles. The standard InChI is InChI=1S/C7H9N3O3/c1-2-13-7(12)6(11)9-5-3-4-8-10-5/h3-4H,2H2,1H3,(H2,8,9,10,11). The number of rotatable bonds is 2. The van der Waals surface area contributed by atoms with E-state index in [1.807, 2.05) is 0 Å². The first-order valence-corrected chi connectivity index (χ1v) is 3.71. The molecular weight excluding hydrogens is 174 g/mol. The van der Waals surface area contributed by atoms with Gasteiger partial charge in [-0.25, -0.2) is 4.79 Å². The van der Waals surface area contributed by atoms with Crippen molar-refractivity contribution in [3.8, 4) is 0 Å². The fraction of sp³-hybridized carbons (Fsp3) is 0.286. The SMILES string of the molecule is CCOC(=O)C(=O)Nc1ccn[nH]1. The molecule has 0 radical (unpaired) electrons. The summed E-state index contributed by atoms with van der Waals surface area (Å²) in [4.78, 5) is 21.8. The van der Waals surface area contributed by atoms with Gasteiger partial charge in [0.1, 0.15) is 5.82 Å². The van der Waals surface area contributed by atoms with Crippen molar-refractivity contribution in [1.82, 2.24) is 10.2 Å². The predicted octanol–water partition coefficient (Wildman–Crippen LogP) is -0.0887. The molecule has 1 aromatic heterocycles. The van der Waals surface area contributed by atoms with Crippen molar-refractivity contribution in [2.24, 2.45) is 0 Å². The molecule has 70 valence electrons. The minimum absolute atomic E-state index is 0.176. The van der Waals surface area contributed by atoms with Crippen LogP contribution in [-0.2, 0) is 14.3 Å². The quantitative estimate of drug-likeness (QED) is 0.495. The van der Waals surface area contributed by atoms with Gasteiger partial charge in [0, 0.05) is 6.07 Å². The highest BCUT2D eigenvalue weighted by Gasteiger charge is 2.14. The molecule has 13 heavy (non-hydrogen) atoms. The number of amides is 1. The lowest BCUT2D eigenvalue weighted by Gasteiger charge is -2.00. The molecule has 0 spiro atoms. The number of aromatic nitrogens is 2. The summed E-state index contributed by atoms with van der Waals surface area (Å²) in [6, 6.07) is 1.52. The van der Waals surface area contributed by atoms with Crippen molar-refractivity contribution in [1.29, 1.82) is 0 Å². The summed E-state index contributed by atoms with van der Waals surface area (Å²) in [7, 11) is 0. The van der Waals surface area contributed by atoms with E-state index in [0.717, 1.165) is 0 Å². The number of carbonyl (C=O) groups is 2. The van der Waals surface area contributed by atoms with Crippen LogP contribution in [-0.4, -0.2) is 28.7 Å². The first-order chi connectivity index (χ1) is 6.24. The number of H-pyrrole nitrogens is 1. The van der Waals surface area contributed by atoms with Crippen LogP contribution in [0.4, 0.5) is 5.82 Å². The topological polar surface area (TPSA) is 84.1 Å². The van der Waals surface area contributed by atoms with Crippen molar-refractivity contribution < 1.29 is 14.3 Å². The second kappa shape index (κ2) is 4.24. The lowest BCUT2D eigenvalue weighted by Crippen LogP contribution is -2.25. The van der Waals surface area contributed by atoms with Crippen LogP contribution >= 0.6 is 0 Å². The Labute approximate surface area is 74.3 Å². The lowest BCUT2D eigenvalue weighted by molar-refractivity contribution is -0.152. The van der Waals surface area contributed by atoms with Gasteiger partial charge < -0.3 is 10.1 Å². The molecule has 1 heterocycles. The van der Waals surface area contributed by atoms with Gasteiger partial charge in [0.05, 0.1) is 12.8 Å². The van der Waals surface area contributed by atoms with E-state index in [2.05, 4.69) is 20.3 Å². The number of esters is 1. The molecule has 0 unspecified atom stereocenters. The summed E-state index contributed by atoms with van der Waals surface area (Å²) in [5.41, 5.74) is 0. The molecule has 1 amide bonds. The van der Waals surface area contributed by atoms with Crippen LogP contribution in [0.5, 0.6) is 0 Å². The highest BCUT2D eigenvalue weighted by molar-refractivity contribution is 6.37. The molecule has 6 heteroatoms. The fourth-order valence-corrected chi connectivity index (χ4v) is 0.695. The molecule has 0 atom stereocenters. The Kier molecular flexibility index (Phi) is 3.02. The number of anilines is 1. The summed E-state index contributed by atoms with van der Waals surface area (Å²) >= 11 is 0. The summed E-state index contributed by atoms with van der Waals surface area (Å²) in [6.45, 7) is 1.80. The average Bonchev–Trinajstić information content (AvgIpc) is 2.57. The maximum absolute atomic E-state index is 11.0. The van der Waals surface area contributed by atoms with Crippen molar-refractivity contribution in [2.75, 3.05) is 11.9 Å². The second-order valence-corrected chi connectivity index (χ2v) is 2.14. The molecule has 2 N–H and O–H groups in total. The van der Waals surface area contributed by atoms with Gasteiger partial charge >= 0.3 is 11.9 Å². The number of carbonyl (C=O) groups excluding carboxylic acids is 2. The number of hydrogen-bond acceptors (Lipinski definition) is 4. The molecule has 0 aliphatic heterocycles. The number of nitrogens with one attached hydrogen (secondary N) is 2. The first kappa shape index (κ1) is 9.24. The number of ether oxygens (including phenoxy) is 1. The Morgan fingerprint density at radius 1 is 1.69 bits per heavy atom. The smallest absolute Gasteiger partial charge is 0.397 e. The van der Waals surface area contributed by atoms with E-state index in [1.54, 1.807) is 6.92 Å². The van der Waals surface area contributed by atoms with Crippen LogP contribution in [0.15, 0.2) is 12.3 Å². The number of hydrogen-bond donors (Lipinski definition) is 2. The van der Waals surface area contributed by atoms with Crippen LogP contribution < -0.4 is 5.32 Å². The zero-order valence-corrected chi connectivity index (χ0v) is 7.03. The molecule has 0 aliphatic carbocycles. The normalized spacial score (nSPS) is 9.31. The Hall–Kier alpha value is -1.85. The van der Waals surface area contributed by atoms with Gasteiger partial charge in [-0.1, -0.05) is 0 Å². The molecular formula is C7H9N3O3. The van der Waals surface area contributed by atoms with E-state index < -0.39 is 11.9 Å². The minimum atomic E-state index is -0.905. The fourth-order valence-electron chi connectivity index (χ4n) is 0.695. The van der Waals surface area contributed by atoms with Crippen LogP contribution in [0.25, 0.3) is 0 Å². The molecule has 1 rings (SSSR count). The molecule has 0 aromatic carbocycles. The maximum Gasteiger partial charge on any atom is 0.397 e. The molecule has 0 aliphatic rings. The predicted molar refractivity (Wildman–Crippen MR) is 43.9 cm³/mol. The molecule has 0 bridgehead atoms. The highest BCUT2D eigenvalue weighted by atomic mass is 16.5. The van der Waals surface area contributed by atoms with Crippen molar-refractivity contribution in [3.05, 3.63) is 12.3 Å². The lowest BCUT2D eigenvalue weighted by atomic mass is 10.5. The average molecular weight is 183 g/mol. The van der Waals surface area contributed by atoms with Gasteiger partial charge in [-0.3, -0.25) is 9.89 Å². The Bertz CT molecular complexity index is 294. The van der Waals surface area contributed by atoms with Crippen LogP contribution in [0.1, 0.15) is 6.92 Å². The van der Waals surface area contributed by atoms with Gasteiger partial charge in [0.25, 0.3) is 0 Å². The number of nitrogens with zero attached hydrogens (tertiary/aromatic N) is 1. The van der Waals surface area contributed by atoms with Crippen LogP contribution in [0, 0.1) is 0 Å². The molecule has 0 saturated carbocycles. The Morgan fingerprint density at radius 2 is 2.46 bits per heavy atom. The van der Waals surface area contributed by atoms with Crippen LogP contribution in [0.3, 0.4) is 0 Å². The van der Waals surface area contributed by atoms with Crippen molar-refractivity contribution in [3.63, 3.8) is 0 Å². The van der Waals surface area contributed by atoms with Gasteiger partial charge in [-0.05, 0) is 6.92 Å². The second-order valence-electron chi connectivity index (χ2n) is 2.14. The van der Waals surface area contributed by atoms with Gasteiger partial charge in [-0.2, -0.15) is 5.10 Å². The van der Waals surface area contributed by atoms with E-state index >= 15 is 0 Å². The molecule has 1 aromatic rings. The third kappa shape index (κ3) is 2.58. The summed E-state index contributed by atoms with van der Waals surface area (Å²) in [6.07, 6.45) is 1.46.